The SMILES string of the molecule is O=C1CC(N(Cc2ccc3c(c2)OCO3)C(=S)Nc2ccc(F)cc2)C(=O)N1c1cccc(Cl)c1. The fourth-order valence-corrected chi connectivity index (χ4v) is 4.53. The molecule has 2 amide bonds. The van der Waals surface area contributed by atoms with Crippen molar-refractivity contribution in [2.24, 2.45) is 0 Å². The molecule has 0 bridgehead atoms. The van der Waals surface area contributed by atoms with Crippen LogP contribution in [0.1, 0.15) is 12.0 Å². The second kappa shape index (κ2) is 9.52. The van der Waals surface area contributed by atoms with Gasteiger partial charge in [-0.05, 0) is 72.4 Å². The molecule has 0 spiro atoms. The summed E-state index contributed by atoms with van der Waals surface area (Å²) in [5, 5.41) is 3.68. The quantitative estimate of drug-likeness (QED) is 0.392. The molecule has 0 radical (unpaired) electrons. The minimum absolute atomic E-state index is 0.0683. The minimum atomic E-state index is -0.854. The first kappa shape index (κ1) is 23.1. The van der Waals surface area contributed by atoms with Gasteiger partial charge in [-0.15, -0.1) is 0 Å². The van der Waals surface area contributed by atoms with Crippen LogP contribution in [0.2, 0.25) is 5.02 Å². The number of fused-ring (bicyclic) bond motifs is 1. The lowest BCUT2D eigenvalue weighted by molar-refractivity contribution is -0.122. The van der Waals surface area contributed by atoms with Crippen molar-refractivity contribution in [3.8, 4) is 11.5 Å². The highest BCUT2D eigenvalue weighted by atomic mass is 35.5. The number of imide groups is 1. The first-order valence-electron chi connectivity index (χ1n) is 10.7. The number of anilines is 2. The van der Waals surface area contributed by atoms with E-state index in [0.29, 0.717) is 27.9 Å². The van der Waals surface area contributed by atoms with Crippen LogP contribution in [0, 0.1) is 5.82 Å². The number of halogens is 2. The van der Waals surface area contributed by atoms with Crippen LogP contribution < -0.4 is 19.7 Å². The highest BCUT2D eigenvalue weighted by Gasteiger charge is 2.43. The standard InChI is InChI=1S/C25H19ClFN3O4S/c26-16-2-1-3-19(11-16)30-23(31)12-20(24(30)32)29(25(35)28-18-7-5-17(27)6-8-18)13-15-4-9-21-22(10-15)34-14-33-21/h1-11,20H,12-14H2,(H,28,35). The third-order valence-electron chi connectivity index (χ3n) is 5.71. The lowest BCUT2D eigenvalue weighted by atomic mass is 10.1. The molecule has 5 rings (SSSR count). The average molecular weight is 512 g/mol. The summed E-state index contributed by atoms with van der Waals surface area (Å²) < 4.78 is 24.2. The van der Waals surface area contributed by atoms with Gasteiger partial charge < -0.3 is 19.7 Å². The molecule has 3 aromatic rings. The van der Waals surface area contributed by atoms with Gasteiger partial charge >= 0.3 is 0 Å². The highest BCUT2D eigenvalue weighted by molar-refractivity contribution is 7.80. The average Bonchev–Trinajstić information content (AvgIpc) is 3.42. The zero-order valence-electron chi connectivity index (χ0n) is 18.2. The molecule has 35 heavy (non-hydrogen) atoms. The second-order valence-corrected chi connectivity index (χ2v) is 8.84. The Morgan fingerprint density at radius 2 is 1.86 bits per heavy atom. The monoisotopic (exact) mass is 511 g/mol. The van der Waals surface area contributed by atoms with E-state index in [-0.39, 0.29) is 36.6 Å². The topological polar surface area (TPSA) is 71.1 Å². The molecular weight excluding hydrogens is 493 g/mol. The highest BCUT2D eigenvalue weighted by Crippen LogP contribution is 2.34. The molecule has 1 saturated heterocycles. The Balaban J connectivity index is 1.45. The number of ether oxygens (including phenoxy) is 2. The molecule has 2 aliphatic rings. The Kier molecular flexibility index (Phi) is 6.27. The predicted octanol–water partition coefficient (Wildman–Crippen LogP) is 4.74. The van der Waals surface area contributed by atoms with E-state index in [0.717, 1.165) is 10.5 Å². The van der Waals surface area contributed by atoms with E-state index in [1.165, 1.54) is 12.1 Å². The number of rotatable bonds is 5. The summed E-state index contributed by atoms with van der Waals surface area (Å²) >= 11 is 11.7. The molecule has 10 heteroatoms. The van der Waals surface area contributed by atoms with E-state index in [2.05, 4.69) is 5.32 Å². The van der Waals surface area contributed by atoms with Gasteiger partial charge in [-0.3, -0.25) is 9.59 Å². The Morgan fingerprint density at radius 3 is 2.63 bits per heavy atom. The molecule has 2 heterocycles. The van der Waals surface area contributed by atoms with Crippen LogP contribution in [-0.2, 0) is 16.1 Å². The maximum atomic E-state index is 13.5. The summed E-state index contributed by atoms with van der Waals surface area (Å²) in [5.41, 5.74) is 1.75. The van der Waals surface area contributed by atoms with E-state index in [1.54, 1.807) is 47.4 Å². The van der Waals surface area contributed by atoms with Crippen LogP contribution in [0.25, 0.3) is 0 Å². The molecule has 3 aromatic carbocycles. The summed E-state index contributed by atoms with van der Waals surface area (Å²) in [5.74, 6) is 0.0667. The third kappa shape index (κ3) is 4.78. The molecule has 0 aromatic heterocycles. The number of amides is 2. The maximum Gasteiger partial charge on any atom is 0.257 e. The summed E-state index contributed by atoms with van der Waals surface area (Å²) in [6.45, 7) is 0.355. The maximum absolute atomic E-state index is 13.5. The number of thiocarbonyl (C=S) groups is 1. The lowest BCUT2D eigenvalue weighted by Gasteiger charge is -2.30. The van der Waals surface area contributed by atoms with Crippen molar-refractivity contribution >= 4 is 52.1 Å². The van der Waals surface area contributed by atoms with Crippen molar-refractivity contribution in [3.63, 3.8) is 0 Å². The van der Waals surface area contributed by atoms with E-state index in [9.17, 15) is 14.0 Å². The molecule has 178 valence electrons. The van der Waals surface area contributed by atoms with E-state index in [4.69, 9.17) is 33.3 Å². The van der Waals surface area contributed by atoms with Gasteiger partial charge in [-0.2, -0.15) is 0 Å². The molecule has 0 aliphatic carbocycles. The number of hydrogen-bond acceptors (Lipinski definition) is 5. The zero-order valence-corrected chi connectivity index (χ0v) is 19.8. The summed E-state index contributed by atoms with van der Waals surface area (Å²) in [7, 11) is 0. The summed E-state index contributed by atoms with van der Waals surface area (Å²) in [6.07, 6.45) is -0.0683. The fourth-order valence-electron chi connectivity index (χ4n) is 4.03. The van der Waals surface area contributed by atoms with Crippen molar-refractivity contribution in [2.45, 2.75) is 19.0 Å². The van der Waals surface area contributed by atoms with Crippen LogP contribution in [-0.4, -0.2) is 34.7 Å². The lowest BCUT2D eigenvalue weighted by Crippen LogP contribution is -2.46. The van der Waals surface area contributed by atoms with Crippen molar-refractivity contribution in [3.05, 3.63) is 83.1 Å². The normalized spacial score (nSPS) is 16.5. The van der Waals surface area contributed by atoms with Crippen molar-refractivity contribution in [1.82, 2.24) is 4.90 Å². The molecule has 1 unspecified atom stereocenters. The van der Waals surface area contributed by atoms with Gasteiger partial charge in [0.15, 0.2) is 16.6 Å². The molecule has 1 atom stereocenters. The molecular formula is C25H19ClFN3O4S. The van der Waals surface area contributed by atoms with Crippen LogP contribution in [0.4, 0.5) is 15.8 Å². The minimum Gasteiger partial charge on any atom is -0.454 e. The molecule has 0 saturated carbocycles. The number of hydrogen-bond donors (Lipinski definition) is 1. The summed E-state index contributed by atoms with van der Waals surface area (Å²) in [6, 6.07) is 16.8. The molecule has 1 N–H and O–H groups in total. The van der Waals surface area contributed by atoms with Gasteiger partial charge in [-0.1, -0.05) is 23.7 Å². The van der Waals surface area contributed by atoms with Crippen LogP contribution >= 0.6 is 23.8 Å². The zero-order chi connectivity index (χ0) is 24.5. The number of nitrogens with zero attached hydrogens (tertiary/aromatic N) is 2. The van der Waals surface area contributed by atoms with Gasteiger partial charge in [0.25, 0.3) is 5.91 Å². The fraction of sp³-hybridized carbons (Fsp3) is 0.160. The number of nitrogens with one attached hydrogen (secondary N) is 1. The molecule has 2 aliphatic heterocycles. The van der Waals surface area contributed by atoms with Crippen LogP contribution in [0.3, 0.4) is 0 Å². The van der Waals surface area contributed by atoms with Crippen LogP contribution in [0.5, 0.6) is 11.5 Å². The van der Waals surface area contributed by atoms with E-state index < -0.39 is 11.9 Å². The van der Waals surface area contributed by atoms with Crippen LogP contribution in [0.15, 0.2) is 66.7 Å². The largest absolute Gasteiger partial charge is 0.454 e. The number of benzene rings is 3. The van der Waals surface area contributed by atoms with Crippen molar-refractivity contribution in [2.75, 3.05) is 17.0 Å². The van der Waals surface area contributed by atoms with E-state index in [1.807, 2.05) is 12.1 Å². The Hall–Kier alpha value is -3.69. The first-order chi connectivity index (χ1) is 16.9. The smallest absolute Gasteiger partial charge is 0.257 e. The van der Waals surface area contributed by atoms with E-state index >= 15 is 0 Å². The Bertz CT molecular complexity index is 1320. The van der Waals surface area contributed by atoms with Gasteiger partial charge in [-0.25, -0.2) is 9.29 Å². The van der Waals surface area contributed by atoms with Gasteiger partial charge in [0.2, 0.25) is 12.7 Å². The Labute approximate surface area is 211 Å². The van der Waals surface area contributed by atoms with Crippen molar-refractivity contribution < 1.29 is 23.5 Å². The van der Waals surface area contributed by atoms with Gasteiger partial charge in [0.1, 0.15) is 11.9 Å². The number of carbonyl (C=O) groups is 2. The molecule has 1 fully saturated rings. The second-order valence-electron chi connectivity index (χ2n) is 8.02. The summed E-state index contributed by atoms with van der Waals surface area (Å²) in [4.78, 5) is 29.2. The van der Waals surface area contributed by atoms with Gasteiger partial charge in [0, 0.05) is 17.3 Å². The third-order valence-corrected chi connectivity index (χ3v) is 6.28. The predicted molar refractivity (Wildman–Crippen MR) is 133 cm³/mol. The first-order valence-corrected chi connectivity index (χ1v) is 11.5. The Morgan fingerprint density at radius 1 is 1.09 bits per heavy atom. The van der Waals surface area contributed by atoms with Crippen molar-refractivity contribution in [1.29, 1.82) is 0 Å². The molecule has 7 nitrogen and oxygen atoms in total. The van der Waals surface area contributed by atoms with Gasteiger partial charge in [0.05, 0.1) is 12.1 Å². The number of carbonyl (C=O) groups excluding carboxylic acids is 2.